The van der Waals surface area contributed by atoms with Gasteiger partial charge in [-0.25, -0.2) is 14.6 Å². The first kappa shape index (κ1) is 14.5. The van der Waals surface area contributed by atoms with Crippen LogP contribution in [-0.2, 0) is 6.54 Å². The lowest BCUT2D eigenvalue weighted by Gasteiger charge is -2.06. The quantitative estimate of drug-likeness (QED) is 0.799. The van der Waals surface area contributed by atoms with Gasteiger partial charge in [-0.05, 0) is 18.2 Å². The average Bonchev–Trinajstić information content (AvgIpc) is 2.94. The fraction of sp³-hybridized carbons (Fsp3) is 0.0769. The van der Waals surface area contributed by atoms with Crippen LogP contribution in [0.4, 0.5) is 10.5 Å². The molecule has 1 aromatic heterocycles. The maximum Gasteiger partial charge on any atom is 0.355 e. The standard InChI is InChI=1S/C13H10N4O3S/c14-5-8-2-1-3-9(4-8)16-13(20)15-6-11-17-10(7-21-11)12(18)19/h1-4,7H,6H2,(H,18,19)(H2,15,16,20). The summed E-state index contributed by atoms with van der Waals surface area (Å²) in [6.07, 6.45) is 0. The van der Waals surface area contributed by atoms with Gasteiger partial charge in [0, 0.05) is 11.1 Å². The van der Waals surface area contributed by atoms with Gasteiger partial charge >= 0.3 is 12.0 Å². The van der Waals surface area contributed by atoms with Gasteiger partial charge in [0.2, 0.25) is 0 Å². The van der Waals surface area contributed by atoms with Gasteiger partial charge in [0.15, 0.2) is 5.69 Å². The number of thiazole rings is 1. The van der Waals surface area contributed by atoms with Crippen molar-refractivity contribution in [3.8, 4) is 6.07 Å². The third-order valence-electron chi connectivity index (χ3n) is 2.42. The molecule has 0 atom stereocenters. The van der Waals surface area contributed by atoms with E-state index in [0.29, 0.717) is 16.3 Å². The van der Waals surface area contributed by atoms with E-state index in [1.54, 1.807) is 24.3 Å². The third kappa shape index (κ3) is 4.02. The summed E-state index contributed by atoms with van der Waals surface area (Å²) >= 11 is 1.15. The number of urea groups is 1. The van der Waals surface area contributed by atoms with Crippen LogP contribution in [0.5, 0.6) is 0 Å². The number of nitrogens with zero attached hydrogens (tertiary/aromatic N) is 2. The Morgan fingerprint density at radius 3 is 2.90 bits per heavy atom. The van der Waals surface area contributed by atoms with Gasteiger partial charge in [0.05, 0.1) is 18.2 Å². The highest BCUT2D eigenvalue weighted by Gasteiger charge is 2.09. The molecule has 3 N–H and O–H groups in total. The number of aromatic carboxylic acids is 1. The predicted octanol–water partition coefficient (Wildman–Crippen LogP) is 2.03. The molecule has 8 heteroatoms. The van der Waals surface area contributed by atoms with Crippen LogP contribution >= 0.6 is 11.3 Å². The van der Waals surface area contributed by atoms with Crippen molar-refractivity contribution in [2.45, 2.75) is 6.54 Å². The minimum absolute atomic E-state index is 0.0427. The Morgan fingerprint density at radius 1 is 1.43 bits per heavy atom. The Hall–Kier alpha value is -2.92. The lowest BCUT2D eigenvalue weighted by atomic mass is 10.2. The number of nitrogens with one attached hydrogen (secondary N) is 2. The number of carboxylic acids is 1. The van der Waals surface area contributed by atoms with Gasteiger partial charge in [-0.15, -0.1) is 11.3 Å². The Kier molecular flexibility index (Phi) is 4.48. The topological polar surface area (TPSA) is 115 Å². The molecule has 2 rings (SSSR count). The van der Waals surface area contributed by atoms with Crippen molar-refractivity contribution in [2.75, 3.05) is 5.32 Å². The van der Waals surface area contributed by atoms with Crippen LogP contribution in [0.25, 0.3) is 0 Å². The predicted molar refractivity (Wildman–Crippen MR) is 76.1 cm³/mol. The van der Waals surface area contributed by atoms with Crippen molar-refractivity contribution in [1.82, 2.24) is 10.3 Å². The van der Waals surface area contributed by atoms with E-state index >= 15 is 0 Å². The Labute approximate surface area is 123 Å². The summed E-state index contributed by atoms with van der Waals surface area (Å²) in [5.41, 5.74) is 0.898. The first-order valence-corrected chi connectivity index (χ1v) is 6.69. The summed E-state index contributed by atoms with van der Waals surface area (Å²) in [4.78, 5) is 26.2. The maximum atomic E-state index is 11.7. The molecule has 7 nitrogen and oxygen atoms in total. The molecule has 21 heavy (non-hydrogen) atoms. The van der Waals surface area contributed by atoms with Crippen LogP contribution in [0.2, 0.25) is 0 Å². The molecule has 0 fully saturated rings. The number of carboxylic acid groups (broad SMARTS) is 1. The zero-order valence-electron chi connectivity index (χ0n) is 10.7. The highest BCUT2D eigenvalue weighted by molar-refractivity contribution is 7.09. The summed E-state index contributed by atoms with van der Waals surface area (Å²) in [5, 5.41) is 24.5. The number of aromatic nitrogens is 1. The fourth-order valence-electron chi connectivity index (χ4n) is 1.49. The lowest BCUT2D eigenvalue weighted by molar-refractivity contribution is 0.0691. The molecule has 1 aromatic carbocycles. The molecule has 0 spiro atoms. The zero-order chi connectivity index (χ0) is 15.2. The van der Waals surface area contributed by atoms with E-state index in [9.17, 15) is 9.59 Å². The largest absolute Gasteiger partial charge is 0.476 e. The van der Waals surface area contributed by atoms with E-state index in [1.165, 1.54) is 5.38 Å². The van der Waals surface area contributed by atoms with Crippen LogP contribution < -0.4 is 10.6 Å². The normalized spacial score (nSPS) is 9.67. The molecule has 2 amide bonds. The first-order valence-electron chi connectivity index (χ1n) is 5.81. The van der Waals surface area contributed by atoms with Crippen molar-refractivity contribution in [2.24, 2.45) is 0 Å². The molecule has 0 saturated heterocycles. The molecular formula is C13H10N4O3S. The van der Waals surface area contributed by atoms with Crippen molar-refractivity contribution < 1.29 is 14.7 Å². The number of carbonyl (C=O) groups is 2. The molecule has 0 saturated carbocycles. The minimum atomic E-state index is -1.10. The van der Waals surface area contributed by atoms with E-state index in [4.69, 9.17) is 10.4 Å². The summed E-state index contributed by atoms with van der Waals surface area (Å²) < 4.78 is 0. The first-order chi connectivity index (χ1) is 10.1. The molecule has 0 unspecified atom stereocenters. The monoisotopic (exact) mass is 302 g/mol. The number of anilines is 1. The van der Waals surface area contributed by atoms with Crippen LogP contribution in [0.3, 0.4) is 0 Å². The summed E-state index contributed by atoms with van der Waals surface area (Å²) in [6, 6.07) is 8.01. The SMILES string of the molecule is N#Cc1cccc(NC(=O)NCc2nc(C(=O)O)cs2)c1. The Bertz CT molecular complexity index is 720. The van der Waals surface area contributed by atoms with Crippen LogP contribution in [0, 0.1) is 11.3 Å². The van der Waals surface area contributed by atoms with Crippen molar-refractivity contribution in [1.29, 1.82) is 5.26 Å². The van der Waals surface area contributed by atoms with Gasteiger partial charge in [-0.3, -0.25) is 0 Å². The van der Waals surface area contributed by atoms with Crippen LogP contribution in [0.1, 0.15) is 21.1 Å². The molecular weight excluding hydrogens is 292 g/mol. The third-order valence-corrected chi connectivity index (χ3v) is 3.27. The molecule has 0 aliphatic rings. The number of benzene rings is 1. The number of hydrogen-bond donors (Lipinski definition) is 3. The lowest BCUT2D eigenvalue weighted by Crippen LogP contribution is -2.28. The van der Waals surface area contributed by atoms with Gasteiger partial charge in [0.25, 0.3) is 0 Å². The van der Waals surface area contributed by atoms with E-state index in [-0.39, 0.29) is 12.2 Å². The molecule has 2 aromatic rings. The summed E-state index contributed by atoms with van der Waals surface area (Å²) in [5.74, 6) is -1.10. The number of hydrogen-bond acceptors (Lipinski definition) is 5. The maximum absolute atomic E-state index is 11.7. The Morgan fingerprint density at radius 2 is 2.24 bits per heavy atom. The van der Waals surface area contributed by atoms with Crippen molar-refractivity contribution >= 4 is 29.0 Å². The van der Waals surface area contributed by atoms with E-state index in [0.717, 1.165) is 11.3 Å². The second-order valence-corrected chi connectivity index (χ2v) is 4.87. The second kappa shape index (κ2) is 6.49. The number of carbonyl (C=O) groups excluding carboxylic acids is 1. The van der Waals surface area contributed by atoms with Gasteiger partial charge in [0.1, 0.15) is 5.01 Å². The Balaban J connectivity index is 1.89. The molecule has 0 aliphatic heterocycles. The molecule has 0 aliphatic carbocycles. The molecule has 1 heterocycles. The van der Waals surface area contributed by atoms with Crippen LogP contribution in [-0.4, -0.2) is 22.1 Å². The van der Waals surface area contributed by atoms with Gasteiger partial charge < -0.3 is 15.7 Å². The summed E-state index contributed by atoms with van der Waals surface area (Å²) in [7, 11) is 0. The van der Waals surface area contributed by atoms with Gasteiger partial charge in [-0.1, -0.05) is 6.07 Å². The number of rotatable bonds is 4. The van der Waals surface area contributed by atoms with E-state index < -0.39 is 12.0 Å². The molecule has 0 bridgehead atoms. The van der Waals surface area contributed by atoms with Crippen molar-refractivity contribution in [3.63, 3.8) is 0 Å². The van der Waals surface area contributed by atoms with Crippen molar-refractivity contribution in [3.05, 3.63) is 45.9 Å². The van der Waals surface area contributed by atoms with E-state index in [2.05, 4.69) is 15.6 Å². The second-order valence-electron chi connectivity index (χ2n) is 3.93. The zero-order valence-corrected chi connectivity index (χ0v) is 11.5. The van der Waals surface area contributed by atoms with E-state index in [1.807, 2.05) is 6.07 Å². The number of nitriles is 1. The molecule has 0 radical (unpaired) electrons. The average molecular weight is 302 g/mol. The summed E-state index contributed by atoms with van der Waals surface area (Å²) in [6.45, 7) is 0.127. The molecule has 106 valence electrons. The smallest absolute Gasteiger partial charge is 0.355 e. The van der Waals surface area contributed by atoms with Crippen LogP contribution in [0.15, 0.2) is 29.6 Å². The highest BCUT2D eigenvalue weighted by Crippen LogP contribution is 2.11. The fourth-order valence-corrected chi connectivity index (χ4v) is 2.20. The minimum Gasteiger partial charge on any atom is -0.476 e. The number of amides is 2. The highest BCUT2D eigenvalue weighted by atomic mass is 32.1. The van der Waals surface area contributed by atoms with Gasteiger partial charge in [-0.2, -0.15) is 5.26 Å².